The van der Waals surface area contributed by atoms with E-state index in [1.807, 2.05) is 12.1 Å². The van der Waals surface area contributed by atoms with Gasteiger partial charge in [-0.25, -0.2) is 0 Å². The van der Waals surface area contributed by atoms with Gasteiger partial charge in [-0.2, -0.15) is 0 Å². The first kappa shape index (κ1) is 12.2. The fraction of sp³-hybridized carbons (Fsp3) is 0.500. The summed E-state index contributed by atoms with van der Waals surface area (Å²) in [4.78, 5) is 12.2. The van der Waals surface area contributed by atoms with Gasteiger partial charge in [0.15, 0.2) is 0 Å². The molecule has 1 heterocycles. The fourth-order valence-electron chi connectivity index (χ4n) is 2.61. The molecule has 2 aliphatic rings. The van der Waals surface area contributed by atoms with Crippen molar-refractivity contribution in [1.29, 1.82) is 0 Å². The number of nitrogens with one attached hydrogen (secondary N) is 2. The van der Waals surface area contributed by atoms with Crippen LogP contribution in [0, 0.1) is 5.92 Å². The van der Waals surface area contributed by atoms with Crippen LogP contribution in [0.15, 0.2) is 28.7 Å². The highest BCUT2D eigenvalue weighted by molar-refractivity contribution is 9.10. The number of benzene rings is 1. The molecular formula is C14H17BrN2O. The fourth-order valence-corrected chi connectivity index (χ4v) is 3.01. The highest BCUT2D eigenvalue weighted by Crippen LogP contribution is 2.46. The van der Waals surface area contributed by atoms with Gasteiger partial charge in [-0.3, -0.25) is 4.79 Å². The Morgan fingerprint density at radius 1 is 1.44 bits per heavy atom. The third-order valence-electron chi connectivity index (χ3n) is 3.92. The summed E-state index contributed by atoms with van der Waals surface area (Å²) in [6, 6.07) is 8.26. The minimum Gasteiger partial charge on any atom is -0.346 e. The molecule has 0 radical (unpaired) electrons. The molecule has 0 bridgehead atoms. The van der Waals surface area contributed by atoms with Crippen LogP contribution in [0.25, 0.3) is 0 Å². The molecule has 2 fully saturated rings. The lowest BCUT2D eigenvalue weighted by Gasteiger charge is -2.20. The van der Waals surface area contributed by atoms with Crippen molar-refractivity contribution >= 4 is 21.8 Å². The lowest BCUT2D eigenvalue weighted by atomic mass is 10.0. The molecule has 1 unspecified atom stereocenters. The third kappa shape index (κ3) is 2.31. The van der Waals surface area contributed by atoms with Gasteiger partial charge < -0.3 is 10.6 Å². The number of hydrogen-bond acceptors (Lipinski definition) is 2. The third-order valence-corrected chi connectivity index (χ3v) is 4.41. The van der Waals surface area contributed by atoms with Gasteiger partial charge in [0, 0.05) is 11.0 Å². The molecular weight excluding hydrogens is 292 g/mol. The van der Waals surface area contributed by atoms with Crippen molar-refractivity contribution in [3.8, 4) is 0 Å². The maximum absolute atomic E-state index is 12.2. The van der Waals surface area contributed by atoms with Crippen LogP contribution in [0.2, 0.25) is 0 Å². The second-order valence-electron chi connectivity index (χ2n) is 5.27. The Hall–Kier alpha value is -0.870. The van der Waals surface area contributed by atoms with E-state index in [9.17, 15) is 4.79 Å². The highest BCUT2D eigenvalue weighted by atomic mass is 79.9. The monoisotopic (exact) mass is 308 g/mol. The molecule has 3 nitrogen and oxygen atoms in total. The highest BCUT2D eigenvalue weighted by Gasteiger charge is 2.46. The van der Waals surface area contributed by atoms with Gasteiger partial charge in [-0.1, -0.05) is 28.1 Å². The molecule has 1 aliphatic heterocycles. The zero-order valence-corrected chi connectivity index (χ0v) is 11.8. The van der Waals surface area contributed by atoms with E-state index in [2.05, 4.69) is 38.7 Å². The van der Waals surface area contributed by atoms with Crippen LogP contribution in [0.5, 0.6) is 0 Å². The van der Waals surface area contributed by atoms with E-state index in [0.717, 1.165) is 36.8 Å². The minimum absolute atomic E-state index is 0.0938. The van der Waals surface area contributed by atoms with Crippen molar-refractivity contribution < 1.29 is 4.79 Å². The number of rotatable bonds is 3. The largest absolute Gasteiger partial charge is 0.346 e. The van der Waals surface area contributed by atoms with Gasteiger partial charge >= 0.3 is 0 Å². The van der Waals surface area contributed by atoms with Gasteiger partial charge in [-0.05, 0) is 43.5 Å². The second-order valence-corrected chi connectivity index (χ2v) is 6.19. The Labute approximate surface area is 115 Å². The number of hydrogen-bond donors (Lipinski definition) is 2. The van der Waals surface area contributed by atoms with Crippen LogP contribution in [0.1, 0.15) is 24.8 Å². The maximum Gasteiger partial charge on any atom is 0.225 e. The smallest absolute Gasteiger partial charge is 0.225 e. The topological polar surface area (TPSA) is 41.1 Å². The Balaban J connectivity index is 1.73. The Morgan fingerprint density at radius 3 is 2.89 bits per heavy atom. The summed E-state index contributed by atoms with van der Waals surface area (Å²) in [5.41, 5.74) is 1.12. The summed E-state index contributed by atoms with van der Waals surface area (Å²) in [7, 11) is 0. The standard InChI is InChI=1S/C14H17BrN2O/c15-12-3-1-2-11(8-12)14(5-6-14)17-13(18)10-4-7-16-9-10/h1-3,8,10,16H,4-7,9H2,(H,17,18). The summed E-state index contributed by atoms with van der Waals surface area (Å²) in [6.45, 7) is 1.78. The summed E-state index contributed by atoms with van der Waals surface area (Å²) in [5, 5.41) is 6.49. The quantitative estimate of drug-likeness (QED) is 0.898. The van der Waals surface area contributed by atoms with Crippen molar-refractivity contribution in [1.82, 2.24) is 10.6 Å². The van der Waals surface area contributed by atoms with Crippen molar-refractivity contribution in [2.45, 2.75) is 24.8 Å². The molecule has 96 valence electrons. The van der Waals surface area contributed by atoms with Crippen molar-refractivity contribution in [2.24, 2.45) is 5.92 Å². The van der Waals surface area contributed by atoms with Crippen LogP contribution >= 0.6 is 15.9 Å². The molecule has 0 spiro atoms. The molecule has 1 saturated carbocycles. The minimum atomic E-state index is -0.0938. The number of amides is 1. The molecule has 0 aromatic heterocycles. The zero-order chi connectivity index (χ0) is 12.6. The molecule has 3 rings (SSSR count). The number of carbonyl (C=O) groups excluding carboxylic acids is 1. The lowest BCUT2D eigenvalue weighted by molar-refractivity contribution is -0.125. The number of halogens is 1. The molecule has 1 aliphatic carbocycles. The van der Waals surface area contributed by atoms with E-state index < -0.39 is 0 Å². The Bertz CT molecular complexity index is 465. The van der Waals surface area contributed by atoms with Crippen LogP contribution < -0.4 is 10.6 Å². The van der Waals surface area contributed by atoms with E-state index in [-0.39, 0.29) is 17.4 Å². The van der Waals surface area contributed by atoms with Crippen molar-refractivity contribution in [3.63, 3.8) is 0 Å². The SMILES string of the molecule is O=C(NC1(c2cccc(Br)c2)CC1)C1CCNC1. The normalized spacial score (nSPS) is 24.8. The van der Waals surface area contributed by atoms with E-state index >= 15 is 0 Å². The van der Waals surface area contributed by atoms with Crippen LogP contribution in [-0.2, 0) is 10.3 Å². The molecule has 1 saturated heterocycles. The van der Waals surface area contributed by atoms with Gasteiger partial charge in [-0.15, -0.1) is 0 Å². The van der Waals surface area contributed by atoms with Crippen LogP contribution in [0.3, 0.4) is 0 Å². The summed E-state index contributed by atoms with van der Waals surface area (Å²) in [6.07, 6.45) is 3.06. The first-order valence-electron chi connectivity index (χ1n) is 6.48. The summed E-state index contributed by atoms with van der Waals surface area (Å²) in [5.74, 6) is 0.354. The second kappa shape index (κ2) is 4.67. The van der Waals surface area contributed by atoms with Crippen LogP contribution in [0.4, 0.5) is 0 Å². The average Bonchev–Trinajstić information content (AvgIpc) is 2.93. The summed E-state index contributed by atoms with van der Waals surface area (Å²) < 4.78 is 1.07. The molecule has 1 atom stereocenters. The van der Waals surface area contributed by atoms with Crippen molar-refractivity contribution in [3.05, 3.63) is 34.3 Å². The maximum atomic E-state index is 12.2. The molecule has 18 heavy (non-hydrogen) atoms. The predicted octanol–water partition coefficient (Wildman–Crippen LogP) is 2.16. The van der Waals surface area contributed by atoms with E-state index in [4.69, 9.17) is 0 Å². The Kier molecular flexibility index (Phi) is 3.16. The Morgan fingerprint density at radius 2 is 2.28 bits per heavy atom. The first-order chi connectivity index (χ1) is 8.70. The predicted molar refractivity (Wildman–Crippen MR) is 74.2 cm³/mol. The molecule has 4 heteroatoms. The zero-order valence-electron chi connectivity index (χ0n) is 10.2. The van der Waals surface area contributed by atoms with E-state index in [1.165, 1.54) is 5.56 Å². The van der Waals surface area contributed by atoms with E-state index in [1.54, 1.807) is 0 Å². The average molecular weight is 309 g/mol. The molecule has 1 aromatic carbocycles. The number of carbonyl (C=O) groups is 1. The molecule has 2 N–H and O–H groups in total. The van der Waals surface area contributed by atoms with Crippen molar-refractivity contribution in [2.75, 3.05) is 13.1 Å². The van der Waals surface area contributed by atoms with Crippen LogP contribution in [-0.4, -0.2) is 19.0 Å². The lowest BCUT2D eigenvalue weighted by Crippen LogP contribution is -2.39. The molecule has 1 amide bonds. The van der Waals surface area contributed by atoms with Gasteiger partial charge in [0.05, 0.1) is 11.5 Å². The van der Waals surface area contributed by atoms with Gasteiger partial charge in [0.2, 0.25) is 5.91 Å². The van der Waals surface area contributed by atoms with Gasteiger partial charge in [0.1, 0.15) is 0 Å². The summed E-state index contributed by atoms with van der Waals surface area (Å²) >= 11 is 3.49. The molecule has 1 aromatic rings. The van der Waals surface area contributed by atoms with Gasteiger partial charge in [0.25, 0.3) is 0 Å². The van der Waals surface area contributed by atoms with E-state index in [0.29, 0.717) is 0 Å². The first-order valence-corrected chi connectivity index (χ1v) is 7.28.